The SMILES string of the molecule is CC(=O)c1ccc(C(=O)N2CCN(c3nc4c(C)ccc(Cl)c4s3)CC2)cc1. The number of hydrogen-bond acceptors (Lipinski definition) is 5. The molecular formula is C21H20ClN3O2S. The highest BCUT2D eigenvalue weighted by molar-refractivity contribution is 7.22. The molecule has 1 aromatic heterocycles. The fraction of sp³-hybridized carbons (Fsp3) is 0.286. The number of ketones is 1. The number of benzene rings is 2. The molecule has 5 nitrogen and oxygen atoms in total. The molecule has 1 saturated heterocycles. The molecule has 0 unspecified atom stereocenters. The van der Waals surface area contributed by atoms with E-state index < -0.39 is 0 Å². The summed E-state index contributed by atoms with van der Waals surface area (Å²) in [6.45, 7) is 6.29. The first kappa shape index (κ1) is 18.9. The second-order valence-corrected chi connectivity index (χ2v) is 8.34. The molecule has 2 heterocycles. The Morgan fingerprint density at radius 2 is 1.64 bits per heavy atom. The predicted octanol–water partition coefficient (Wildman–Crippen LogP) is 4.42. The highest BCUT2D eigenvalue weighted by Crippen LogP contribution is 2.35. The number of thiazole rings is 1. The molecule has 1 aliphatic rings. The Morgan fingerprint density at radius 1 is 1.00 bits per heavy atom. The third-order valence-electron chi connectivity index (χ3n) is 5.06. The number of carbonyl (C=O) groups is 2. The normalized spacial score (nSPS) is 14.5. The van der Waals surface area contributed by atoms with E-state index in [9.17, 15) is 9.59 Å². The Bertz CT molecular complexity index is 1010. The second-order valence-electron chi connectivity index (χ2n) is 6.95. The largest absolute Gasteiger partial charge is 0.345 e. The van der Waals surface area contributed by atoms with E-state index in [0.29, 0.717) is 24.2 Å². The fourth-order valence-electron chi connectivity index (χ4n) is 3.36. The smallest absolute Gasteiger partial charge is 0.253 e. The van der Waals surface area contributed by atoms with Gasteiger partial charge in [0.1, 0.15) is 0 Å². The molecule has 0 N–H and O–H groups in total. The van der Waals surface area contributed by atoms with E-state index in [-0.39, 0.29) is 11.7 Å². The Morgan fingerprint density at radius 3 is 2.25 bits per heavy atom. The van der Waals surface area contributed by atoms with E-state index in [0.717, 1.165) is 39.0 Å². The number of fused-ring (bicyclic) bond motifs is 1. The summed E-state index contributed by atoms with van der Waals surface area (Å²) in [4.78, 5) is 33.0. The molecule has 28 heavy (non-hydrogen) atoms. The highest BCUT2D eigenvalue weighted by Gasteiger charge is 2.24. The molecule has 0 aliphatic carbocycles. The van der Waals surface area contributed by atoms with Crippen molar-refractivity contribution in [2.24, 2.45) is 0 Å². The molecular weight excluding hydrogens is 394 g/mol. The zero-order chi connectivity index (χ0) is 19.8. The molecule has 0 bridgehead atoms. The summed E-state index contributed by atoms with van der Waals surface area (Å²) >= 11 is 7.92. The van der Waals surface area contributed by atoms with Crippen LogP contribution in [-0.4, -0.2) is 47.8 Å². The number of Topliss-reactive ketones (excluding diaryl/α,β-unsaturated/α-hetero) is 1. The number of anilines is 1. The molecule has 7 heteroatoms. The standard InChI is InChI=1S/C21H20ClN3O2S/c1-13-3-8-17(22)19-18(13)23-21(28-19)25-11-9-24(10-12-25)20(27)16-6-4-15(5-7-16)14(2)26/h3-8H,9-12H2,1-2H3. The molecule has 0 saturated carbocycles. The van der Waals surface area contributed by atoms with Gasteiger partial charge >= 0.3 is 0 Å². The van der Waals surface area contributed by atoms with Crippen LogP contribution in [0.25, 0.3) is 10.2 Å². The fourth-order valence-corrected chi connectivity index (χ4v) is 4.73. The molecule has 2 aromatic carbocycles. The third kappa shape index (κ3) is 3.50. The molecule has 0 atom stereocenters. The monoisotopic (exact) mass is 413 g/mol. The summed E-state index contributed by atoms with van der Waals surface area (Å²) in [5.41, 5.74) is 3.30. The van der Waals surface area contributed by atoms with Crippen LogP contribution < -0.4 is 4.90 Å². The molecule has 0 radical (unpaired) electrons. The van der Waals surface area contributed by atoms with E-state index in [4.69, 9.17) is 16.6 Å². The molecule has 1 fully saturated rings. The van der Waals surface area contributed by atoms with Crippen molar-refractivity contribution in [1.82, 2.24) is 9.88 Å². The van der Waals surface area contributed by atoms with Crippen molar-refractivity contribution in [3.63, 3.8) is 0 Å². The van der Waals surface area contributed by atoms with Gasteiger partial charge in [0.05, 0.1) is 15.2 Å². The Hall–Kier alpha value is -2.44. The van der Waals surface area contributed by atoms with Crippen LogP contribution >= 0.6 is 22.9 Å². The van der Waals surface area contributed by atoms with E-state index in [1.54, 1.807) is 35.6 Å². The number of hydrogen-bond donors (Lipinski definition) is 0. The van der Waals surface area contributed by atoms with Crippen LogP contribution in [0.1, 0.15) is 33.2 Å². The number of aryl methyl sites for hydroxylation is 1. The topological polar surface area (TPSA) is 53.5 Å². The maximum absolute atomic E-state index is 12.7. The first-order valence-corrected chi connectivity index (χ1v) is 10.3. The number of halogens is 1. The van der Waals surface area contributed by atoms with Gasteiger partial charge in [-0.25, -0.2) is 4.98 Å². The lowest BCUT2D eigenvalue weighted by molar-refractivity contribution is 0.0746. The van der Waals surface area contributed by atoms with E-state index in [1.807, 2.05) is 24.0 Å². The van der Waals surface area contributed by atoms with Gasteiger partial charge in [-0.15, -0.1) is 0 Å². The number of amides is 1. The minimum absolute atomic E-state index is 0.00112. The van der Waals surface area contributed by atoms with Crippen LogP contribution in [0.3, 0.4) is 0 Å². The van der Waals surface area contributed by atoms with Crippen molar-refractivity contribution in [2.45, 2.75) is 13.8 Å². The Labute approximate surface area is 172 Å². The van der Waals surface area contributed by atoms with Gasteiger partial charge in [0, 0.05) is 37.3 Å². The zero-order valence-electron chi connectivity index (χ0n) is 15.7. The lowest BCUT2D eigenvalue weighted by Crippen LogP contribution is -2.48. The predicted molar refractivity (Wildman–Crippen MR) is 114 cm³/mol. The number of nitrogens with zero attached hydrogens (tertiary/aromatic N) is 3. The van der Waals surface area contributed by atoms with Crippen LogP contribution in [0.4, 0.5) is 5.13 Å². The maximum Gasteiger partial charge on any atom is 0.253 e. The van der Waals surface area contributed by atoms with Crippen LogP contribution in [-0.2, 0) is 0 Å². The van der Waals surface area contributed by atoms with Crippen molar-refractivity contribution in [1.29, 1.82) is 0 Å². The molecule has 3 aromatic rings. The third-order valence-corrected chi connectivity index (χ3v) is 6.64. The average Bonchev–Trinajstić information content (AvgIpc) is 3.17. The Kier molecular flexibility index (Phi) is 5.08. The molecule has 1 aliphatic heterocycles. The number of carbonyl (C=O) groups excluding carboxylic acids is 2. The quantitative estimate of drug-likeness (QED) is 0.596. The Balaban J connectivity index is 1.46. The van der Waals surface area contributed by atoms with Gasteiger partial charge in [-0.1, -0.05) is 41.1 Å². The lowest BCUT2D eigenvalue weighted by atomic mass is 10.1. The molecule has 144 valence electrons. The molecule has 1 amide bonds. The summed E-state index contributed by atoms with van der Waals surface area (Å²) in [7, 11) is 0. The van der Waals surface area contributed by atoms with Crippen LogP contribution in [0, 0.1) is 6.92 Å². The van der Waals surface area contributed by atoms with E-state index in [1.165, 1.54) is 6.92 Å². The number of aromatic nitrogens is 1. The molecule has 4 rings (SSSR count). The van der Waals surface area contributed by atoms with Crippen LogP contribution in [0.5, 0.6) is 0 Å². The van der Waals surface area contributed by atoms with Gasteiger partial charge < -0.3 is 9.80 Å². The summed E-state index contributed by atoms with van der Waals surface area (Å²) in [6.07, 6.45) is 0. The average molecular weight is 414 g/mol. The van der Waals surface area contributed by atoms with Crippen molar-refractivity contribution in [3.8, 4) is 0 Å². The summed E-state index contributed by atoms with van der Waals surface area (Å²) in [6, 6.07) is 10.8. The second kappa shape index (κ2) is 7.53. The number of piperazine rings is 1. The van der Waals surface area contributed by atoms with Gasteiger partial charge in [0.2, 0.25) is 0 Å². The minimum Gasteiger partial charge on any atom is -0.345 e. The zero-order valence-corrected chi connectivity index (χ0v) is 17.3. The summed E-state index contributed by atoms with van der Waals surface area (Å²) < 4.78 is 1.01. The van der Waals surface area contributed by atoms with Crippen molar-refractivity contribution in [3.05, 3.63) is 58.1 Å². The maximum atomic E-state index is 12.7. The minimum atomic E-state index is -0.00191. The van der Waals surface area contributed by atoms with Gasteiger partial charge in [-0.05, 0) is 37.6 Å². The highest BCUT2D eigenvalue weighted by atomic mass is 35.5. The molecule has 0 spiro atoms. The first-order chi connectivity index (χ1) is 13.4. The van der Waals surface area contributed by atoms with E-state index in [2.05, 4.69) is 4.90 Å². The summed E-state index contributed by atoms with van der Waals surface area (Å²) in [5, 5.41) is 1.68. The van der Waals surface area contributed by atoms with Gasteiger partial charge in [0.15, 0.2) is 10.9 Å². The van der Waals surface area contributed by atoms with Crippen molar-refractivity contribution < 1.29 is 9.59 Å². The van der Waals surface area contributed by atoms with Gasteiger partial charge in [0.25, 0.3) is 5.91 Å². The van der Waals surface area contributed by atoms with E-state index >= 15 is 0 Å². The van der Waals surface area contributed by atoms with Crippen LogP contribution in [0.2, 0.25) is 5.02 Å². The lowest BCUT2D eigenvalue weighted by Gasteiger charge is -2.34. The van der Waals surface area contributed by atoms with Gasteiger partial charge in [-0.2, -0.15) is 0 Å². The number of rotatable bonds is 3. The van der Waals surface area contributed by atoms with Crippen molar-refractivity contribution in [2.75, 3.05) is 31.1 Å². The summed E-state index contributed by atoms with van der Waals surface area (Å²) in [5.74, 6) is -0.00303. The first-order valence-electron chi connectivity index (χ1n) is 9.15. The van der Waals surface area contributed by atoms with Crippen LogP contribution in [0.15, 0.2) is 36.4 Å². The van der Waals surface area contributed by atoms with Gasteiger partial charge in [-0.3, -0.25) is 9.59 Å². The van der Waals surface area contributed by atoms with Crippen molar-refractivity contribution >= 4 is 50.0 Å².